The minimum Gasteiger partial charge on any atom is -0.494 e. The van der Waals surface area contributed by atoms with Crippen molar-refractivity contribution in [2.45, 2.75) is 58.9 Å². The van der Waals surface area contributed by atoms with E-state index in [0.717, 1.165) is 35.8 Å². The number of hydrogen-bond donors (Lipinski definition) is 2. The number of rotatable bonds is 9. The molecule has 4 rings (SSSR count). The van der Waals surface area contributed by atoms with Crippen molar-refractivity contribution in [3.8, 4) is 17.1 Å². The fourth-order valence-corrected chi connectivity index (χ4v) is 5.52. The van der Waals surface area contributed by atoms with Gasteiger partial charge in [-0.05, 0) is 68.6 Å². The molecule has 2 aromatic heterocycles. The molecule has 0 radical (unpaired) electrons. The smallest absolute Gasteiger partial charge is 0.227 e. The zero-order valence-corrected chi connectivity index (χ0v) is 20.2. The van der Waals surface area contributed by atoms with Gasteiger partial charge in [-0.25, -0.2) is 4.98 Å². The van der Waals surface area contributed by atoms with E-state index in [0.29, 0.717) is 35.3 Å². The van der Waals surface area contributed by atoms with Crippen LogP contribution in [-0.4, -0.2) is 32.3 Å². The lowest BCUT2D eigenvalue weighted by molar-refractivity contribution is -0.116. The van der Waals surface area contributed by atoms with Gasteiger partial charge in [0.1, 0.15) is 5.75 Å². The second-order valence-electron chi connectivity index (χ2n) is 8.05. The molecule has 1 atom stereocenters. The van der Waals surface area contributed by atoms with Crippen molar-refractivity contribution >= 4 is 34.6 Å². The lowest BCUT2D eigenvalue weighted by Crippen LogP contribution is -2.15. The Kier molecular flexibility index (Phi) is 7.36. The monoisotopic (exact) mass is 471 g/mol. The predicted octanol–water partition coefficient (Wildman–Crippen LogP) is 5.40. The van der Waals surface area contributed by atoms with E-state index in [1.54, 1.807) is 11.3 Å². The number of ether oxygens (including phenoxy) is 1. The molecule has 3 aromatic rings. The van der Waals surface area contributed by atoms with Crippen LogP contribution in [0.5, 0.6) is 5.75 Å². The van der Waals surface area contributed by atoms with Crippen molar-refractivity contribution in [3.63, 3.8) is 0 Å². The summed E-state index contributed by atoms with van der Waals surface area (Å²) < 4.78 is 7.85. The summed E-state index contributed by atoms with van der Waals surface area (Å²) in [4.78, 5) is 18.6. The van der Waals surface area contributed by atoms with Gasteiger partial charge in [0, 0.05) is 23.4 Å². The number of nitrogens with one attached hydrogen (secondary N) is 2. The van der Waals surface area contributed by atoms with Crippen molar-refractivity contribution in [2.24, 2.45) is 5.92 Å². The Hall–Kier alpha value is -2.52. The lowest BCUT2D eigenvalue weighted by Gasteiger charge is -2.19. The Morgan fingerprint density at radius 1 is 1.34 bits per heavy atom. The molecular weight excluding hydrogens is 442 g/mol. The van der Waals surface area contributed by atoms with Gasteiger partial charge in [-0.2, -0.15) is 5.10 Å². The maximum atomic E-state index is 12.6. The standard InChI is InChI=1S/C23H29N5O2S2/c1-3-5-15-6-11-18-19(14-15)32-22(24-18)25-20(29)12-13-28-21(26-27-23(28)31)16-7-9-17(10-8-16)30-4-2/h7-10,15H,3-6,11-14H2,1-2H3,(H,27,31)(H,24,25,29). The van der Waals surface area contributed by atoms with E-state index in [9.17, 15) is 4.79 Å². The minimum absolute atomic E-state index is 0.0676. The topological polar surface area (TPSA) is 84.8 Å². The molecular formula is C23H29N5O2S2. The molecule has 1 aromatic carbocycles. The van der Waals surface area contributed by atoms with Crippen LogP contribution in [0.1, 0.15) is 50.1 Å². The van der Waals surface area contributed by atoms with E-state index in [1.807, 2.05) is 35.8 Å². The Labute approximate surface area is 197 Å². The number of amides is 1. The normalized spacial score (nSPS) is 15.4. The summed E-state index contributed by atoms with van der Waals surface area (Å²) >= 11 is 7.02. The number of anilines is 1. The third-order valence-electron chi connectivity index (χ3n) is 5.73. The molecule has 9 heteroatoms. The summed E-state index contributed by atoms with van der Waals surface area (Å²) in [6.45, 7) is 5.25. The lowest BCUT2D eigenvalue weighted by atomic mass is 9.88. The van der Waals surface area contributed by atoms with E-state index >= 15 is 0 Å². The highest BCUT2D eigenvalue weighted by Crippen LogP contribution is 2.34. The molecule has 0 spiro atoms. The van der Waals surface area contributed by atoms with E-state index in [4.69, 9.17) is 17.0 Å². The highest BCUT2D eigenvalue weighted by Gasteiger charge is 2.22. The Balaban J connectivity index is 1.38. The molecule has 0 aliphatic heterocycles. The first-order valence-electron chi connectivity index (χ1n) is 11.2. The summed E-state index contributed by atoms with van der Waals surface area (Å²) in [5, 5.41) is 10.9. The summed E-state index contributed by atoms with van der Waals surface area (Å²) in [5.41, 5.74) is 2.07. The van der Waals surface area contributed by atoms with E-state index in [-0.39, 0.29) is 5.91 Å². The van der Waals surface area contributed by atoms with Crippen molar-refractivity contribution in [2.75, 3.05) is 11.9 Å². The average Bonchev–Trinajstić information content (AvgIpc) is 3.35. The van der Waals surface area contributed by atoms with Gasteiger partial charge in [0.2, 0.25) is 5.91 Å². The molecule has 7 nitrogen and oxygen atoms in total. The molecule has 1 unspecified atom stereocenters. The fraction of sp³-hybridized carbons (Fsp3) is 0.478. The van der Waals surface area contributed by atoms with Gasteiger partial charge >= 0.3 is 0 Å². The van der Waals surface area contributed by atoms with Crippen molar-refractivity contribution < 1.29 is 9.53 Å². The number of aromatic nitrogens is 4. The fourth-order valence-electron chi connectivity index (χ4n) is 4.16. The van der Waals surface area contributed by atoms with Crippen molar-refractivity contribution in [3.05, 3.63) is 39.6 Å². The number of H-pyrrole nitrogens is 1. The number of carbonyl (C=O) groups excluding carboxylic acids is 1. The van der Waals surface area contributed by atoms with Gasteiger partial charge < -0.3 is 10.1 Å². The molecule has 0 fully saturated rings. The first kappa shape index (κ1) is 22.7. The quantitative estimate of drug-likeness (QED) is 0.408. The number of nitrogens with zero attached hydrogens (tertiary/aromatic N) is 3. The second kappa shape index (κ2) is 10.4. The Morgan fingerprint density at radius 2 is 2.16 bits per heavy atom. The molecule has 0 bridgehead atoms. The molecule has 2 N–H and O–H groups in total. The van der Waals surface area contributed by atoms with Crippen LogP contribution >= 0.6 is 23.6 Å². The molecule has 0 saturated carbocycles. The van der Waals surface area contributed by atoms with Gasteiger partial charge in [0.05, 0.1) is 12.3 Å². The zero-order chi connectivity index (χ0) is 22.5. The van der Waals surface area contributed by atoms with Crippen molar-refractivity contribution in [1.29, 1.82) is 0 Å². The van der Waals surface area contributed by atoms with Crippen LogP contribution in [-0.2, 0) is 24.2 Å². The van der Waals surface area contributed by atoms with Gasteiger partial charge in [-0.3, -0.25) is 14.5 Å². The number of fused-ring (bicyclic) bond motifs is 1. The van der Waals surface area contributed by atoms with Crippen LogP contribution in [0.3, 0.4) is 0 Å². The number of aromatic amines is 1. The van der Waals surface area contributed by atoms with Gasteiger partial charge in [0.15, 0.2) is 15.7 Å². The third-order valence-corrected chi connectivity index (χ3v) is 7.08. The zero-order valence-electron chi connectivity index (χ0n) is 18.5. The minimum atomic E-state index is -0.0676. The molecule has 1 aliphatic rings. The van der Waals surface area contributed by atoms with Crippen LogP contribution in [0.25, 0.3) is 11.4 Å². The highest BCUT2D eigenvalue weighted by molar-refractivity contribution is 7.71. The summed E-state index contributed by atoms with van der Waals surface area (Å²) in [5.74, 6) is 2.20. The van der Waals surface area contributed by atoms with Crippen LogP contribution in [0.4, 0.5) is 5.13 Å². The summed E-state index contributed by atoms with van der Waals surface area (Å²) in [7, 11) is 0. The van der Waals surface area contributed by atoms with Gasteiger partial charge in [-0.15, -0.1) is 11.3 Å². The van der Waals surface area contributed by atoms with Crippen LogP contribution in [0.2, 0.25) is 0 Å². The molecule has 1 aliphatic carbocycles. The SMILES string of the molecule is CCCC1CCc2nc(NC(=O)CCn3c(-c4ccc(OCC)cc4)n[nH]c3=S)sc2C1. The Morgan fingerprint density at radius 3 is 2.91 bits per heavy atom. The highest BCUT2D eigenvalue weighted by atomic mass is 32.1. The first-order valence-corrected chi connectivity index (χ1v) is 12.5. The second-order valence-corrected chi connectivity index (χ2v) is 9.52. The van der Waals surface area contributed by atoms with E-state index in [2.05, 4.69) is 27.4 Å². The molecule has 170 valence electrons. The van der Waals surface area contributed by atoms with Crippen molar-refractivity contribution in [1.82, 2.24) is 19.7 Å². The maximum absolute atomic E-state index is 12.6. The average molecular weight is 472 g/mol. The van der Waals surface area contributed by atoms with Crippen LogP contribution < -0.4 is 10.1 Å². The number of hydrogen-bond acceptors (Lipinski definition) is 6. The molecule has 1 amide bonds. The van der Waals surface area contributed by atoms with E-state index in [1.165, 1.54) is 24.1 Å². The van der Waals surface area contributed by atoms with Gasteiger partial charge in [0.25, 0.3) is 0 Å². The largest absolute Gasteiger partial charge is 0.494 e. The number of carbonyl (C=O) groups is 1. The summed E-state index contributed by atoms with van der Waals surface area (Å²) in [6.07, 6.45) is 6.08. The summed E-state index contributed by atoms with van der Waals surface area (Å²) in [6, 6.07) is 7.70. The number of thiazole rings is 1. The predicted molar refractivity (Wildman–Crippen MR) is 130 cm³/mol. The molecule has 0 saturated heterocycles. The van der Waals surface area contributed by atoms with Crippen LogP contribution in [0, 0.1) is 10.7 Å². The first-order chi connectivity index (χ1) is 15.6. The Bertz CT molecular complexity index is 1120. The van der Waals surface area contributed by atoms with Crippen LogP contribution in [0.15, 0.2) is 24.3 Å². The number of aryl methyl sites for hydroxylation is 1. The maximum Gasteiger partial charge on any atom is 0.227 e. The molecule has 2 heterocycles. The van der Waals surface area contributed by atoms with E-state index < -0.39 is 0 Å². The molecule has 32 heavy (non-hydrogen) atoms. The third kappa shape index (κ3) is 5.27. The number of benzene rings is 1. The van der Waals surface area contributed by atoms with Gasteiger partial charge in [-0.1, -0.05) is 19.8 Å².